The van der Waals surface area contributed by atoms with Gasteiger partial charge in [0.15, 0.2) is 0 Å². The zero-order valence-corrected chi connectivity index (χ0v) is 9.65. The van der Waals surface area contributed by atoms with Crippen molar-refractivity contribution < 1.29 is 14.6 Å². The van der Waals surface area contributed by atoms with E-state index >= 15 is 0 Å². The van der Waals surface area contributed by atoms with E-state index in [-0.39, 0.29) is 0 Å². The summed E-state index contributed by atoms with van der Waals surface area (Å²) in [5.41, 5.74) is 2.46. The minimum Gasteiger partial charge on any atom is -0.411 e. The van der Waals surface area contributed by atoms with Gasteiger partial charge in [0.05, 0.1) is 6.21 Å². The minimum atomic E-state index is 0.502. The molecule has 1 N–H and O–H groups in total. The summed E-state index contributed by atoms with van der Waals surface area (Å²) in [4.78, 5) is 4.81. The molecule has 1 heterocycles. The summed E-state index contributed by atoms with van der Waals surface area (Å²) in [6.45, 7) is 0. The highest BCUT2D eigenvalue weighted by atomic mass is 16.6. The zero-order valence-electron chi connectivity index (χ0n) is 9.65. The average molecular weight is 245 g/mol. The molecule has 6 heteroatoms. The predicted molar refractivity (Wildman–Crippen MR) is 65.0 cm³/mol. The average Bonchev–Trinajstić information content (AvgIpc) is 2.91. The standard InChI is InChI=1S/C12H11N3O3/c1-17-15-12(11-6-7-18-14-11)10-5-3-2-4-9(10)8-13-16/h2-8,16H,1H3. The topological polar surface area (TPSA) is 80.2 Å². The van der Waals surface area contributed by atoms with Crippen LogP contribution in [0.25, 0.3) is 0 Å². The molecule has 0 atom stereocenters. The van der Waals surface area contributed by atoms with Gasteiger partial charge in [-0.15, -0.1) is 0 Å². The van der Waals surface area contributed by atoms with Gasteiger partial charge in [0.25, 0.3) is 0 Å². The maximum Gasteiger partial charge on any atom is 0.139 e. The molecule has 6 nitrogen and oxygen atoms in total. The highest BCUT2D eigenvalue weighted by molar-refractivity contribution is 6.15. The molecule has 0 bridgehead atoms. The summed E-state index contributed by atoms with van der Waals surface area (Å²) in [7, 11) is 1.45. The number of hydrogen-bond donors (Lipinski definition) is 1. The summed E-state index contributed by atoms with van der Waals surface area (Å²) >= 11 is 0. The van der Waals surface area contributed by atoms with E-state index in [0.29, 0.717) is 17.0 Å². The van der Waals surface area contributed by atoms with Crippen molar-refractivity contribution in [1.29, 1.82) is 0 Å². The summed E-state index contributed by atoms with van der Waals surface area (Å²) in [5.74, 6) is 0. The first-order valence-corrected chi connectivity index (χ1v) is 5.15. The van der Waals surface area contributed by atoms with Gasteiger partial charge in [0.1, 0.15) is 24.8 Å². The number of rotatable bonds is 4. The van der Waals surface area contributed by atoms with Crippen molar-refractivity contribution in [2.45, 2.75) is 0 Å². The quantitative estimate of drug-likeness (QED) is 0.506. The summed E-state index contributed by atoms with van der Waals surface area (Å²) in [5, 5.41) is 19.4. The van der Waals surface area contributed by atoms with Crippen LogP contribution in [0.3, 0.4) is 0 Å². The largest absolute Gasteiger partial charge is 0.411 e. The first-order chi connectivity index (χ1) is 8.86. The van der Waals surface area contributed by atoms with E-state index in [1.165, 1.54) is 19.6 Å². The third-order valence-electron chi connectivity index (χ3n) is 2.28. The molecular formula is C12H11N3O3. The molecule has 0 spiro atoms. The van der Waals surface area contributed by atoms with Crippen LogP contribution >= 0.6 is 0 Å². The summed E-state index contributed by atoms with van der Waals surface area (Å²) in [6, 6.07) is 8.96. The van der Waals surface area contributed by atoms with Crippen LogP contribution < -0.4 is 0 Å². The Hall–Kier alpha value is -2.63. The van der Waals surface area contributed by atoms with Crippen molar-refractivity contribution in [3.05, 3.63) is 53.4 Å². The Kier molecular flexibility index (Phi) is 3.70. The Balaban J connectivity index is 2.54. The van der Waals surface area contributed by atoms with Crippen molar-refractivity contribution in [2.75, 3.05) is 7.11 Å². The Morgan fingerprint density at radius 1 is 1.39 bits per heavy atom. The van der Waals surface area contributed by atoms with Crippen molar-refractivity contribution in [3.63, 3.8) is 0 Å². The van der Waals surface area contributed by atoms with E-state index in [1.54, 1.807) is 12.1 Å². The number of oxime groups is 2. The van der Waals surface area contributed by atoms with Crippen LogP contribution in [-0.4, -0.2) is 29.4 Å². The van der Waals surface area contributed by atoms with Crippen molar-refractivity contribution >= 4 is 11.9 Å². The Morgan fingerprint density at radius 2 is 2.22 bits per heavy atom. The fraction of sp³-hybridized carbons (Fsp3) is 0.0833. The molecule has 0 unspecified atom stereocenters. The summed E-state index contributed by atoms with van der Waals surface area (Å²) < 4.78 is 4.79. The van der Waals surface area contributed by atoms with Gasteiger partial charge in [-0.05, 0) is 0 Å². The van der Waals surface area contributed by atoms with Crippen molar-refractivity contribution in [3.8, 4) is 0 Å². The molecule has 2 aromatic rings. The first-order valence-electron chi connectivity index (χ1n) is 5.15. The van der Waals surface area contributed by atoms with Crippen LogP contribution in [0.5, 0.6) is 0 Å². The van der Waals surface area contributed by atoms with Crippen LogP contribution in [0.1, 0.15) is 16.8 Å². The molecular weight excluding hydrogens is 234 g/mol. The van der Waals surface area contributed by atoms with Crippen molar-refractivity contribution in [1.82, 2.24) is 5.16 Å². The van der Waals surface area contributed by atoms with Gasteiger partial charge in [-0.3, -0.25) is 0 Å². The molecule has 0 aliphatic heterocycles. The SMILES string of the molecule is CON=C(c1ccon1)c1ccccc1C=NO. The Labute approximate surface area is 103 Å². The normalized spacial score (nSPS) is 11.9. The lowest BCUT2D eigenvalue weighted by Gasteiger charge is -2.05. The molecule has 1 aromatic heterocycles. The third kappa shape index (κ3) is 2.37. The fourth-order valence-corrected chi connectivity index (χ4v) is 1.55. The van der Waals surface area contributed by atoms with E-state index in [2.05, 4.69) is 15.5 Å². The number of aromatic nitrogens is 1. The molecule has 18 heavy (non-hydrogen) atoms. The van der Waals surface area contributed by atoms with Gasteiger partial charge >= 0.3 is 0 Å². The molecule has 0 fully saturated rings. The molecule has 1 aromatic carbocycles. The molecule has 92 valence electrons. The van der Waals surface area contributed by atoms with Crippen molar-refractivity contribution in [2.24, 2.45) is 10.3 Å². The van der Waals surface area contributed by atoms with Gasteiger partial charge < -0.3 is 14.6 Å². The maximum absolute atomic E-state index is 8.65. The van der Waals surface area contributed by atoms with Crippen LogP contribution in [0.2, 0.25) is 0 Å². The first kappa shape index (κ1) is 11.8. The van der Waals surface area contributed by atoms with Crippen LogP contribution in [-0.2, 0) is 4.84 Å². The lowest BCUT2D eigenvalue weighted by atomic mass is 10.0. The van der Waals surface area contributed by atoms with E-state index in [0.717, 1.165) is 5.56 Å². The minimum absolute atomic E-state index is 0.502. The molecule has 0 aliphatic carbocycles. The van der Waals surface area contributed by atoms with Gasteiger partial charge in [0.2, 0.25) is 0 Å². The number of benzene rings is 1. The molecule has 2 rings (SSSR count). The van der Waals surface area contributed by atoms with Gasteiger partial charge in [0, 0.05) is 17.2 Å². The third-order valence-corrected chi connectivity index (χ3v) is 2.28. The second kappa shape index (κ2) is 5.62. The zero-order chi connectivity index (χ0) is 12.8. The molecule has 0 amide bonds. The van der Waals surface area contributed by atoms with Gasteiger partial charge in [-0.25, -0.2) is 0 Å². The number of nitrogens with zero attached hydrogens (tertiary/aromatic N) is 3. The van der Waals surface area contributed by atoms with Crippen LogP contribution in [0.15, 0.2) is 51.4 Å². The Morgan fingerprint density at radius 3 is 2.89 bits per heavy atom. The van der Waals surface area contributed by atoms with Crippen LogP contribution in [0.4, 0.5) is 0 Å². The second-order valence-corrected chi connectivity index (χ2v) is 3.34. The lowest BCUT2D eigenvalue weighted by Crippen LogP contribution is -2.08. The highest BCUT2D eigenvalue weighted by Crippen LogP contribution is 2.13. The predicted octanol–water partition coefficient (Wildman–Crippen LogP) is 1.88. The monoisotopic (exact) mass is 245 g/mol. The number of hydrogen-bond acceptors (Lipinski definition) is 6. The van der Waals surface area contributed by atoms with Crippen LogP contribution in [0, 0.1) is 0 Å². The van der Waals surface area contributed by atoms with E-state index in [9.17, 15) is 0 Å². The maximum atomic E-state index is 8.65. The van der Waals surface area contributed by atoms with E-state index in [4.69, 9.17) is 14.6 Å². The lowest BCUT2D eigenvalue weighted by molar-refractivity contribution is 0.213. The Bertz CT molecular complexity index is 562. The molecule has 0 aliphatic rings. The van der Waals surface area contributed by atoms with E-state index in [1.807, 2.05) is 18.2 Å². The van der Waals surface area contributed by atoms with E-state index < -0.39 is 0 Å². The second-order valence-electron chi connectivity index (χ2n) is 3.34. The smallest absolute Gasteiger partial charge is 0.139 e. The summed E-state index contributed by atoms with van der Waals surface area (Å²) in [6.07, 6.45) is 2.77. The fourth-order valence-electron chi connectivity index (χ4n) is 1.55. The molecule has 0 saturated heterocycles. The molecule has 0 radical (unpaired) electrons. The van der Waals surface area contributed by atoms with Gasteiger partial charge in [-0.1, -0.05) is 39.7 Å². The van der Waals surface area contributed by atoms with Gasteiger partial charge in [-0.2, -0.15) is 0 Å². The highest BCUT2D eigenvalue weighted by Gasteiger charge is 2.14. The molecule has 0 saturated carbocycles.